The molecule has 23 heavy (non-hydrogen) atoms. The van der Waals surface area contributed by atoms with Gasteiger partial charge in [0.2, 0.25) is 0 Å². The van der Waals surface area contributed by atoms with E-state index in [0.29, 0.717) is 28.0 Å². The zero-order chi connectivity index (χ0) is 16.6. The summed E-state index contributed by atoms with van der Waals surface area (Å²) >= 11 is 10.0. The van der Waals surface area contributed by atoms with Gasteiger partial charge in [-0.3, -0.25) is 4.79 Å². The number of ether oxygens (including phenoxy) is 2. The third-order valence-electron chi connectivity index (χ3n) is 4.08. The first kappa shape index (κ1) is 16.3. The Morgan fingerprint density at radius 1 is 1.13 bits per heavy atom. The molecule has 3 nitrogen and oxygen atoms in total. The molecule has 0 N–H and O–H groups in total. The van der Waals surface area contributed by atoms with Crippen molar-refractivity contribution in [3.63, 3.8) is 0 Å². The van der Waals surface area contributed by atoms with Crippen LogP contribution in [0.2, 0.25) is 5.02 Å². The standard InChI is InChI=1S/C18H16BrClO3/c1-22-17-15(19)8-14(16(20)18(17)23-2)13-7-11(10-3-4-10)5-6-12(13)9-21/h5-10H,3-4H2,1-2H3. The van der Waals surface area contributed by atoms with Crippen LogP contribution < -0.4 is 9.47 Å². The van der Waals surface area contributed by atoms with Crippen molar-refractivity contribution < 1.29 is 14.3 Å². The van der Waals surface area contributed by atoms with Gasteiger partial charge in [-0.25, -0.2) is 0 Å². The minimum absolute atomic E-state index is 0.434. The van der Waals surface area contributed by atoms with Gasteiger partial charge in [-0.05, 0) is 51.9 Å². The van der Waals surface area contributed by atoms with Crippen LogP contribution in [0.5, 0.6) is 11.5 Å². The molecule has 5 heteroatoms. The molecule has 2 aromatic rings. The lowest BCUT2D eigenvalue weighted by Gasteiger charge is -2.16. The van der Waals surface area contributed by atoms with E-state index in [-0.39, 0.29) is 0 Å². The number of benzene rings is 2. The van der Waals surface area contributed by atoms with E-state index in [1.807, 2.05) is 18.2 Å². The van der Waals surface area contributed by atoms with E-state index in [2.05, 4.69) is 22.0 Å². The first-order valence-corrected chi connectivity index (χ1v) is 8.47. The third kappa shape index (κ3) is 2.98. The summed E-state index contributed by atoms with van der Waals surface area (Å²) in [5, 5.41) is 0.434. The van der Waals surface area contributed by atoms with Crippen LogP contribution in [0.4, 0.5) is 0 Å². The predicted octanol–water partition coefficient (Wildman–Crippen LogP) is 5.48. The van der Waals surface area contributed by atoms with Gasteiger partial charge in [0.15, 0.2) is 17.8 Å². The fourth-order valence-corrected chi connectivity index (χ4v) is 3.63. The molecule has 1 saturated carbocycles. The first-order chi connectivity index (χ1) is 11.1. The molecule has 2 aromatic carbocycles. The van der Waals surface area contributed by atoms with E-state index >= 15 is 0 Å². The van der Waals surface area contributed by atoms with Gasteiger partial charge in [-0.1, -0.05) is 29.8 Å². The van der Waals surface area contributed by atoms with Crippen molar-refractivity contribution >= 4 is 33.8 Å². The van der Waals surface area contributed by atoms with Crippen LogP contribution in [-0.2, 0) is 0 Å². The Hall–Kier alpha value is -1.52. The van der Waals surface area contributed by atoms with E-state index in [1.54, 1.807) is 14.2 Å². The third-order valence-corrected chi connectivity index (χ3v) is 5.05. The van der Waals surface area contributed by atoms with Crippen LogP contribution in [0.25, 0.3) is 11.1 Å². The molecule has 0 heterocycles. The maximum Gasteiger partial charge on any atom is 0.181 e. The monoisotopic (exact) mass is 394 g/mol. The lowest BCUT2D eigenvalue weighted by atomic mass is 9.96. The van der Waals surface area contributed by atoms with Crippen LogP contribution in [0.3, 0.4) is 0 Å². The van der Waals surface area contributed by atoms with Crippen LogP contribution in [0.1, 0.15) is 34.7 Å². The molecule has 0 bridgehead atoms. The summed E-state index contributed by atoms with van der Waals surface area (Å²) in [4.78, 5) is 11.5. The van der Waals surface area contributed by atoms with Crippen molar-refractivity contribution in [3.8, 4) is 22.6 Å². The van der Waals surface area contributed by atoms with E-state index < -0.39 is 0 Å². The number of hydrogen-bond acceptors (Lipinski definition) is 3. The van der Waals surface area contributed by atoms with Crippen molar-refractivity contribution in [2.45, 2.75) is 18.8 Å². The second-order valence-corrected chi connectivity index (χ2v) is 6.76. The molecule has 1 fully saturated rings. The average molecular weight is 396 g/mol. The first-order valence-electron chi connectivity index (χ1n) is 7.30. The normalized spacial score (nSPS) is 13.7. The molecule has 0 radical (unpaired) electrons. The quantitative estimate of drug-likeness (QED) is 0.629. The lowest BCUT2D eigenvalue weighted by molar-refractivity contribution is 0.112. The summed E-state index contributed by atoms with van der Waals surface area (Å²) in [6, 6.07) is 7.80. The van der Waals surface area contributed by atoms with Crippen molar-refractivity contribution in [1.29, 1.82) is 0 Å². The number of rotatable bonds is 5. The largest absolute Gasteiger partial charge is 0.492 e. The number of methoxy groups -OCH3 is 2. The van der Waals surface area contributed by atoms with Crippen LogP contribution in [0, 0.1) is 0 Å². The summed E-state index contributed by atoms with van der Waals surface area (Å²) in [5.74, 6) is 1.58. The van der Waals surface area contributed by atoms with Crippen molar-refractivity contribution in [2.75, 3.05) is 14.2 Å². The van der Waals surface area contributed by atoms with Gasteiger partial charge in [-0.2, -0.15) is 0 Å². The van der Waals surface area contributed by atoms with E-state index in [4.69, 9.17) is 21.1 Å². The molecular weight excluding hydrogens is 380 g/mol. The molecule has 0 unspecified atom stereocenters. The minimum atomic E-state index is 0.434. The molecule has 0 atom stereocenters. The Morgan fingerprint density at radius 3 is 2.39 bits per heavy atom. The van der Waals surface area contributed by atoms with Gasteiger partial charge in [0.1, 0.15) is 0 Å². The van der Waals surface area contributed by atoms with Crippen molar-refractivity contribution in [2.24, 2.45) is 0 Å². The molecule has 0 aromatic heterocycles. The topological polar surface area (TPSA) is 35.5 Å². The van der Waals surface area contributed by atoms with Crippen molar-refractivity contribution in [3.05, 3.63) is 44.9 Å². The van der Waals surface area contributed by atoms with Crippen molar-refractivity contribution in [1.82, 2.24) is 0 Å². The minimum Gasteiger partial charge on any atom is -0.492 e. The molecule has 0 spiro atoms. The van der Waals surface area contributed by atoms with Crippen LogP contribution in [-0.4, -0.2) is 20.5 Å². The number of halogens is 2. The second-order valence-electron chi connectivity index (χ2n) is 5.53. The maximum absolute atomic E-state index is 11.5. The maximum atomic E-state index is 11.5. The molecule has 0 saturated heterocycles. The highest BCUT2D eigenvalue weighted by molar-refractivity contribution is 9.10. The molecule has 1 aliphatic carbocycles. The molecular formula is C18H16BrClO3. The van der Waals surface area contributed by atoms with Crippen LogP contribution >= 0.6 is 27.5 Å². The average Bonchev–Trinajstić information content (AvgIpc) is 3.40. The van der Waals surface area contributed by atoms with Gasteiger partial charge in [0.25, 0.3) is 0 Å². The van der Waals surface area contributed by atoms with Gasteiger partial charge in [0, 0.05) is 11.1 Å². The smallest absolute Gasteiger partial charge is 0.181 e. The Balaban J connectivity index is 2.23. The predicted molar refractivity (Wildman–Crippen MR) is 95.1 cm³/mol. The Bertz CT molecular complexity index is 769. The highest BCUT2D eigenvalue weighted by atomic mass is 79.9. The lowest BCUT2D eigenvalue weighted by Crippen LogP contribution is -1.97. The Morgan fingerprint density at radius 2 is 1.83 bits per heavy atom. The summed E-state index contributed by atoms with van der Waals surface area (Å²) in [6.07, 6.45) is 3.25. The molecule has 3 rings (SSSR count). The second kappa shape index (κ2) is 6.54. The SMILES string of the molecule is COc1c(Br)cc(-c2cc(C3CC3)ccc2C=O)c(Cl)c1OC. The summed E-state index contributed by atoms with van der Waals surface area (Å²) in [7, 11) is 3.10. The molecule has 0 amide bonds. The molecule has 120 valence electrons. The van der Waals surface area contributed by atoms with E-state index in [1.165, 1.54) is 18.4 Å². The zero-order valence-electron chi connectivity index (χ0n) is 12.9. The van der Waals surface area contributed by atoms with Gasteiger partial charge in [0.05, 0.1) is 23.7 Å². The summed E-state index contributed by atoms with van der Waals surface area (Å²) in [5.41, 5.74) is 3.42. The fraction of sp³-hybridized carbons (Fsp3) is 0.278. The highest BCUT2D eigenvalue weighted by Gasteiger charge is 2.25. The zero-order valence-corrected chi connectivity index (χ0v) is 15.2. The van der Waals surface area contributed by atoms with Gasteiger partial charge < -0.3 is 9.47 Å². The van der Waals surface area contributed by atoms with Gasteiger partial charge >= 0.3 is 0 Å². The number of carbonyl (C=O) groups is 1. The summed E-state index contributed by atoms with van der Waals surface area (Å²) < 4.78 is 11.5. The van der Waals surface area contributed by atoms with E-state index in [0.717, 1.165) is 21.9 Å². The Kier molecular flexibility index (Phi) is 4.64. The van der Waals surface area contributed by atoms with E-state index in [9.17, 15) is 4.79 Å². The molecule has 0 aliphatic heterocycles. The number of aldehydes is 1. The molecule has 1 aliphatic rings. The summed E-state index contributed by atoms with van der Waals surface area (Å²) in [6.45, 7) is 0. The Labute approximate surface area is 148 Å². The van der Waals surface area contributed by atoms with Gasteiger partial charge in [-0.15, -0.1) is 0 Å². The fourth-order valence-electron chi connectivity index (χ4n) is 2.74. The number of hydrogen-bond donors (Lipinski definition) is 0. The number of carbonyl (C=O) groups excluding carboxylic acids is 1. The highest BCUT2D eigenvalue weighted by Crippen LogP contribution is 2.48. The van der Waals surface area contributed by atoms with Crippen LogP contribution in [0.15, 0.2) is 28.7 Å².